The number of rotatable bonds is 2. The van der Waals surface area contributed by atoms with Gasteiger partial charge in [0.15, 0.2) is 5.11 Å². The zero-order valence-electron chi connectivity index (χ0n) is 12.5. The molecule has 2 aromatic rings. The number of benzene rings is 2. The lowest BCUT2D eigenvalue weighted by Gasteiger charge is -2.16. The molecule has 0 atom stereocenters. The zero-order chi connectivity index (χ0) is 15.7. The van der Waals surface area contributed by atoms with Crippen LogP contribution in [0.15, 0.2) is 54.2 Å². The van der Waals surface area contributed by atoms with E-state index in [2.05, 4.69) is 5.32 Å². The Labute approximate surface area is 135 Å². The lowest BCUT2D eigenvalue weighted by Crippen LogP contribution is -2.30. The van der Waals surface area contributed by atoms with Crippen molar-refractivity contribution in [2.75, 3.05) is 4.90 Å². The molecule has 0 saturated carbocycles. The topological polar surface area (TPSA) is 32.3 Å². The molecule has 0 aliphatic carbocycles. The van der Waals surface area contributed by atoms with Crippen molar-refractivity contribution in [2.45, 2.75) is 13.8 Å². The molecule has 0 radical (unpaired) electrons. The van der Waals surface area contributed by atoms with E-state index in [1.54, 1.807) is 4.90 Å². The molecule has 0 aromatic heterocycles. The highest BCUT2D eigenvalue weighted by atomic mass is 32.1. The molecule has 0 bridgehead atoms. The smallest absolute Gasteiger partial charge is 0.281 e. The van der Waals surface area contributed by atoms with Crippen molar-refractivity contribution in [2.24, 2.45) is 0 Å². The minimum Gasteiger partial charge on any atom is -0.327 e. The van der Waals surface area contributed by atoms with Crippen molar-refractivity contribution in [3.8, 4) is 0 Å². The van der Waals surface area contributed by atoms with Gasteiger partial charge in [-0.15, -0.1) is 0 Å². The molecule has 1 amide bonds. The normalized spacial score (nSPS) is 16.3. The van der Waals surface area contributed by atoms with Gasteiger partial charge in [-0.3, -0.25) is 9.69 Å². The first-order valence-corrected chi connectivity index (χ1v) is 7.47. The molecule has 1 heterocycles. The van der Waals surface area contributed by atoms with Crippen molar-refractivity contribution in [1.29, 1.82) is 0 Å². The summed E-state index contributed by atoms with van der Waals surface area (Å²) in [5, 5.41) is 3.44. The molecule has 0 spiro atoms. The van der Waals surface area contributed by atoms with E-state index in [-0.39, 0.29) is 5.91 Å². The number of anilines is 1. The van der Waals surface area contributed by atoms with Crippen LogP contribution in [0, 0.1) is 13.8 Å². The number of hydrogen-bond acceptors (Lipinski definition) is 2. The first kappa shape index (κ1) is 14.5. The summed E-state index contributed by atoms with van der Waals surface area (Å²) in [4.78, 5) is 14.2. The average molecular weight is 308 g/mol. The number of nitrogens with one attached hydrogen (secondary N) is 1. The van der Waals surface area contributed by atoms with Crippen LogP contribution in [-0.2, 0) is 4.79 Å². The fourth-order valence-electron chi connectivity index (χ4n) is 2.47. The quantitative estimate of drug-likeness (QED) is 0.680. The molecule has 3 rings (SSSR count). The maximum absolute atomic E-state index is 12.7. The third-order valence-corrected chi connectivity index (χ3v) is 4.01. The van der Waals surface area contributed by atoms with Crippen LogP contribution >= 0.6 is 12.2 Å². The largest absolute Gasteiger partial charge is 0.327 e. The predicted octanol–water partition coefficient (Wildman–Crippen LogP) is 3.57. The third-order valence-electron chi connectivity index (χ3n) is 3.72. The third kappa shape index (κ3) is 2.53. The first-order valence-electron chi connectivity index (χ1n) is 7.06. The molecule has 110 valence electrons. The summed E-state index contributed by atoms with van der Waals surface area (Å²) in [7, 11) is 0. The van der Waals surface area contributed by atoms with Gasteiger partial charge >= 0.3 is 0 Å². The standard InChI is InChI=1S/C18H16N2OS/c1-12-7-3-5-9-14(12)11-15-17(21)20(18(22)19-15)16-10-6-4-8-13(16)2/h3-11H,1-2H3,(H,19,22)/b15-11+. The van der Waals surface area contributed by atoms with Gasteiger partial charge in [-0.25, -0.2) is 0 Å². The van der Waals surface area contributed by atoms with E-state index in [1.807, 2.05) is 68.5 Å². The summed E-state index contributed by atoms with van der Waals surface area (Å²) in [6, 6.07) is 15.6. The molecule has 22 heavy (non-hydrogen) atoms. The summed E-state index contributed by atoms with van der Waals surface area (Å²) < 4.78 is 0. The van der Waals surface area contributed by atoms with E-state index in [4.69, 9.17) is 12.2 Å². The second-order valence-electron chi connectivity index (χ2n) is 5.27. The molecule has 3 nitrogen and oxygen atoms in total. The molecule has 1 fully saturated rings. The maximum atomic E-state index is 12.7. The van der Waals surface area contributed by atoms with Crippen molar-refractivity contribution >= 4 is 35.0 Å². The van der Waals surface area contributed by atoms with Gasteiger partial charge in [0, 0.05) is 0 Å². The van der Waals surface area contributed by atoms with Crippen molar-refractivity contribution in [1.82, 2.24) is 5.32 Å². The van der Waals surface area contributed by atoms with Crippen LogP contribution in [0.25, 0.3) is 6.08 Å². The number of nitrogens with zero attached hydrogens (tertiary/aromatic N) is 1. The molecular formula is C18H16N2OS. The van der Waals surface area contributed by atoms with Crippen LogP contribution < -0.4 is 10.2 Å². The van der Waals surface area contributed by atoms with Gasteiger partial charge in [0.2, 0.25) is 0 Å². The highest BCUT2D eigenvalue weighted by Crippen LogP contribution is 2.25. The molecule has 4 heteroatoms. The molecule has 1 saturated heterocycles. The van der Waals surface area contributed by atoms with E-state index < -0.39 is 0 Å². The number of para-hydroxylation sites is 1. The van der Waals surface area contributed by atoms with Gasteiger partial charge in [0.1, 0.15) is 5.70 Å². The molecule has 1 N–H and O–H groups in total. The monoisotopic (exact) mass is 308 g/mol. The zero-order valence-corrected chi connectivity index (χ0v) is 13.3. The average Bonchev–Trinajstić information content (AvgIpc) is 2.77. The summed E-state index contributed by atoms with van der Waals surface area (Å²) in [5.41, 5.74) is 4.45. The van der Waals surface area contributed by atoms with Gasteiger partial charge < -0.3 is 5.32 Å². The Morgan fingerprint density at radius 1 is 1.00 bits per heavy atom. The fourth-order valence-corrected chi connectivity index (χ4v) is 2.76. The fraction of sp³-hybridized carbons (Fsp3) is 0.111. The predicted molar refractivity (Wildman–Crippen MR) is 93.6 cm³/mol. The minimum atomic E-state index is -0.123. The van der Waals surface area contributed by atoms with Crippen LogP contribution in [0.2, 0.25) is 0 Å². The second kappa shape index (κ2) is 5.73. The Balaban J connectivity index is 1.99. The van der Waals surface area contributed by atoms with Gasteiger partial charge in [-0.1, -0.05) is 42.5 Å². The van der Waals surface area contributed by atoms with Gasteiger partial charge in [0.05, 0.1) is 5.69 Å². The number of thiocarbonyl (C=S) groups is 1. The Morgan fingerprint density at radius 2 is 1.64 bits per heavy atom. The van der Waals surface area contributed by atoms with E-state index in [1.165, 1.54) is 0 Å². The molecule has 0 unspecified atom stereocenters. The highest BCUT2D eigenvalue weighted by molar-refractivity contribution is 7.80. The number of amides is 1. The Kier molecular flexibility index (Phi) is 3.77. The molecular weight excluding hydrogens is 292 g/mol. The summed E-state index contributed by atoms with van der Waals surface area (Å²) in [6.07, 6.45) is 1.85. The summed E-state index contributed by atoms with van der Waals surface area (Å²) >= 11 is 5.34. The van der Waals surface area contributed by atoms with Crippen LogP contribution in [-0.4, -0.2) is 11.0 Å². The maximum Gasteiger partial charge on any atom is 0.281 e. The number of aryl methyl sites for hydroxylation is 2. The van der Waals surface area contributed by atoms with Crippen molar-refractivity contribution in [3.05, 3.63) is 70.9 Å². The molecule has 1 aliphatic heterocycles. The molecule has 2 aromatic carbocycles. The highest BCUT2D eigenvalue weighted by Gasteiger charge is 2.32. The van der Waals surface area contributed by atoms with Crippen LogP contribution in [0.5, 0.6) is 0 Å². The number of hydrogen-bond donors (Lipinski definition) is 1. The van der Waals surface area contributed by atoms with E-state index in [0.717, 1.165) is 22.4 Å². The van der Waals surface area contributed by atoms with E-state index >= 15 is 0 Å². The van der Waals surface area contributed by atoms with Gasteiger partial charge in [0.25, 0.3) is 5.91 Å². The lowest BCUT2D eigenvalue weighted by molar-refractivity contribution is -0.113. The van der Waals surface area contributed by atoms with Crippen LogP contribution in [0.3, 0.4) is 0 Å². The molecule has 1 aliphatic rings. The van der Waals surface area contributed by atoms with Crippen LogP contribution in [0.1, 0.15) is 16.7 Å². The van der Waals surface area contributed by atoms with E-state index in [0.29, 0.717) is 10.8 Å². The Morgan fingerprint density at radius 3 is 2.32 bits per heavy atom. The SMILES string of the molecule is Cc1ccccc1/C=C1/NC(=S)N(c2ccccc2C)C1=O. The lowest BCUT2D eigenvalue weighted by atomic mass is 10.1. The minimum absolute atomic E-state index is 0.123. The summed E-state index contributed by atoms with van der Waals surface area (Å²) in [6.45, 7) is 3.98. The van der Waals surface area contributed by atoms with Gasteiger partial charge in [-0.05, 0) is 54.9 Å². The van der Waals surface area contributed by atoms with Crippen molar-refractivity contribution < 1.29 is 4.79 Å². The van der Waals surface area contributed by atoms with E-state index in [9.17, 15) is 4.79 Å². The first-order chi connectivity index (χ1) is 10.6. The summed E-state index contributed by atoms with van der Waals surface area (Å²) in [5.74, 6) is -0.123. The number of carbonyl (C=O) groups is 1. The Bertz CT molecular complexity index is 795. The number of carbonyl (C=O) groups excluding carboxylic acids is 1. The second-order valence-corrected chi connectivity index (χ2v) is 5.66. The van der Waals surface area contributed by atoms with Gasteiger partial charge in [-0.2, -0.15) is 0 Å². The Hall–Kier alpha value is -2.46. The van der Waals surface area contributed by atoms with Crippen LogP contribution in [0.4, 0.5) is 5.69 Å². The van der Waals surface area contributed by atoms with Crippen molar-refractivity contribution in [3.63, 3.8) is 0 Å².